The zero-order valence-electron chi connectivity index (χ0n) is 19.8. The monoisotopic (exact) mass is 522 g/mol. The van der Waals surface area contributed by atoms with Crippen molar-refractivity contribution < 1.29 is 22.9 Å². The second kappa shape index (κ2) is 10.0. The number of non-ortho nitro benzene ring substituents is 1. The van der Waals surface area contributed by atoms with Crippen molar-refractivity contribution in [2.24, 2.45) is 0 Å². The number of nitrogens with zero attached hydrogens (tertiary/aromatic N) is 3. The molecule has 3 aromatic rings. The topological polar surface area (TPSA) is 141 Å². The fraction of sp³-hybridized carbons (Fsp3) is 0.364. The van der Waals surface area contributed by atoms with Gasteiger partial charge < -0.3 is 10.1 Å². The molecule has 13 heteroatoms. The molecule has 3 rings (SSSR count). The largest absolute Gasteiger partial charge is 0.495 e. The van der Waals surface area contributed by atoms with Gasteiger partial charge in [-0.05, 0) is 44.5 Å². The van der Waals surface area contributed by atoms with Gasteiger partial charge in [0, 0.05) is 23.9 Å². The minimum absolute atomic E-state index is 0.0330. The molecule has 1 amide bonds. The quantitative estimate of drug-likeness (QED) is 0.333. The first-order valence-electron chi connectivity index (χ1n) is 10.7. The number of sulfonamides is 1. The fourth-order valence-corrected chi connectivity index (χ4v) is 6.09. The lowest BCUT2D eigenvalue weighted by Gasteiger charge is -2.30. The Morgan fingerprint density at radius 3 is 2.49 bits per heavy atom. The first-order chi connectivity index (χ1) is 16.4. The van der Waals surface area contributed by atoms with Crippen LogP contribution in [0.25, 0.3) is 10.2 Å². The molecule has 0 aliphatic heterocycles. The highest BCUT2D eigenvalue weighted by atomic mass is 32.2. The van der Waals surface area contributed by atoms with Crippen molar-refractivity contribution in [1.82, 2.24) is 4.57 Å². The van der Waals surface area contributed by atoms with E-state index >= 15 is 0 Å². The lowest BCUT2D eigenvalue weighted by Crippen LogP contribution is -2.47. The Morgan fingerprint density at radius 2 is 1.94 bits per heavy atom. The van der Waals surface area contributed by atoms with E-state index in [9.17, 15) is 28.1 Å². The number of nitrogens with one attached hydrogen (secondary N) is 1. The zero-order chi connectivity index (χ0) is 26.1. The Morgan fingerprint density at radius 1 is 1.26 bits per heavy atom. The molecule has 0 aliphatic carbocycles. The van der Waals surface area contributed by atoms with E-state index in [4.69, 9.17) is 4.74 Å². The number of hydrogen-bond donors (Lipinski definition) is 1. The van der Waals surface area contributed by atoms with Gasteiger partial charge in [0.05, 0.1) is 28.5 Å². The van der Waals surface area contributed by atoms with Crippen LogP contribution in [0.1, 0.15) is 33.2 Å². The highest BCUT2D eigenvalue weighted by Gasteiger charge is 2.34. The maximum Gasteiger partial charge on any atom is 0.308 e. The Labute approximate surface area is 206 Å². The molecule has 0 aliphatic rings. The fourth-order valence-electron chi connectivity index (χ4n) is 3.83. The number of benzene rings is 2. The van der Waals surface area contributed by atoms with Crippen molar-refractivity contribution in [1.29, 1.82) is 0 Å². The average molecular weight is 523 g/mol. The summed E-state index contributed by atoms with van der Waals surface area (Å²) in [4.78, 5) is 36.1. The summed E-state index contributed by atoms with van der Waals surface area (Å²) in [6, 6.07) is 7.29. The van der Waals surface area contributed by atoms with Gasteiger partial charge in [0.25, 0.3) is 5.69 Å². The molecule has 0 radical (unpaired) electrons. The molecule has 0 spiro atoms. The maximum absolute atomic E-state index is 13.3. The van der Waals surface area contributed by atoms with Crippen LogP contribution in [0.3, 0.4) is 0 Å². The van der Waals surface area contributed by atoms with E-state index in [0.29, 0.717) is 10.4 Å². The average Bonchev–Trinajstić information content (AvgIpc) is 3.10. The number of hydrogen-bond acceptors (Lipinski definition) is 8. The summed E-state index contributed by atoms with van der Waals surface area (Å²) in [5.74, 6) is -0.574. The molecule has 2 aromatic carbocycles. The van der Waals surface area contributed by atoms with Gasteiger partial charge in [-0.15, -0.1) is 0 Å². The van der Waals surface area contributed by atoms with E-state index in [1.807, 2.05) is 13.8 Å². The van der Waals surface area contributed by atoms with Crippen LogP contribution in [0, 0.1) is 10.1 Å². The number of carbonyl (C=O) groups is 1. The summed E-state index contributed by atoms with van der Waals surface area (Å²) in [6.45, 7) is 5.43. The second-order valence-corrected chi connectivity index (χ2v) is 11.0. The second-order valence-electron chi connectivity index (χ2n) is 8.10. The molecule has 0 saturated carbocycles. The number of aromatic nitrogens is 1. The highest BCUT2D eigenvalue weighted by molar-refractivity contribution is 7.92. The third kappa shape index (κ3) is 5.30. The number of carbonyl (C=O) groups excluding carboxylic acids is 1. The van der Waals surface area contributed by atoms with E-state index in [-0.39, 0.29) is 34.5 Å². The highest BCUT2D eigenvalue weighted by Crippen LogP contribution is 2.36. The van der Waals surface area contributed by atoms with E-state index in [1.54, 1.807) is 29.7 Å². The number of amides is 1. The van der Waals surface area contributed by atoms with Crippen molar-refractivity contribution in [3.05, 3.63) is 56.2 Å². The Bertz CT molecular complexity index is 1440. The zero-order valence-corrected chi connectivity index (χ0v) is 21.5. The van der Waals surface area contributed by atoms with Gasteiger partial charge >= 0.3 is 4.87 Å². The summed E-state index contributed by atoms with van der Waals surface area (Å²) < 4.78 is 34.0. The molecular formula is C22H26N4O7S2. The summed E-state index contributed by atoms with van der Waals surface area (Å²) in [7, 11) is -2.76. The number of anilines is 2. The molecule has 0 bridgehead atoms. The molecule has 0 fully saturated rings. The van der Waals surface area contributed by atoms with Crippen LogP contribution >= 0.6 is 11.3 Å². The summed E-state index contributed by atoms with van der Waals surface area (Å²) in [6.07, 6.45) is 0.989. The van der Waals surface area contributed by atoms with E-state index in [1.165, 1.54) is 19.2 Å². The van der Waals surface area contributed by atoms with Crippen molar-refractivity contribution in [3.63, 3.8) is 0 Å². The summed E-state index contributed by atoms with van der Waals surface area (Å²) >= 11 is 1.05. The number of rotatable bonds is 9. The van der Waals surface area contributed by atoms with Gasteiger partial charge in [0.2, 0.25) is 15.9 Å². The van der Waals surface area contributed by atoms with Crippen LogP contribution < -0.4 is 19.2 Å². The van der Waals surface area contributed by atoms with Gasteiger partial charge in [-0.3, -0.25) is 28.6 Å². The van der Waals surface area contributed by atoms with Gasteiger partial charge in [-0.2, -0.15) is 0 Å². The molecule has 0 unspecified atom stereocenters. The normalized spacial score (nSPS) is 12.5. The van der Waals surface area contributed by atoms with Gasteiger partial charge in [0.1, 0.15) is 17.5 Å². The molecule has 188 valence electrons. The lowest BCUT2D eigenvalue weighted by atomic mass is 10.1. The Hall–Kier alpha value is -3.45. The third-order valence-electron chi connectivity index (χ3n) is 5.34. The van der Waals surface area contributed by atoms with Gasteiger partial charge in [-0.25, -0.2) is 8.42 Å². The van der Waals surface area contributed by atoms with Gasteiger partial charge in [-0.1, -0.05) is 18.3 Å². The van der Waals surface area contributed by atoms with Crippen LogP contribution in [0.2, 0.25) is 0 Å². The minimum Gasteiger partial charge on any atom is -0.495 e. The summed E-state index contributed by atoms with van der Waals surface area (Å²) in [5, 5.41) is 14.0. The molecular weight excluding hydrogens is 496 g/mol. The number of nitro groups is 1. The van der Waals surface area contributed by atoms with Crippen LogP contribution in [0.4, 0.5) is 17.1 Å². The lowest BCUT2D eigenvalue weighted by molar-refractivity contribution is -0.384. The maximum atomic E-state index is 13.3. The van der Waals surface area contributed by atoms with Crippen LogP contribution in [-0.4, -0.2) is 43.2 Å². The molecule has 11 nitrogen and oxygen atoms in total. The summed E-state index contributed by atoms with van der Waals surface area (Å²) in [5.41, 5.74) is 0.658. The van der Waals surface area contributed by atoms with Crippen LogP contribution in [0.15, 0.2) is 41.2 Å². The first kappa shape index (κ1) is 26.2. The van der Waals surface area contributed by atoms with E-state index in [2.05, 4.69) is 5.32 Å². The molecule has 1 heterocycles. The van der Waals surface area contributed by atoms with Crippen molar-refractivity contribution in [3.8, 4) is 5.75 Å². The molecule has 35 heavy (non-hydrogen) atoms. The van der Waals surface area contributed by atoms with E-state index in [0.717, 1.165) is 33.5 Å². The predicted octanol–water partition coefficient (Wildman–Crippen LogP) is 3.74. The molecule has 1 aromatic heterocycles. The van der Waals surface area contributed by atoms with Crippen LogP contribution in [-0.2, 0) is 14.8 Å². The standard InChI is InChI=1S/C22H26N4O7S2/c1-6-16(25(35(5,31)32)18-12-15(26(29)30)8-10-19(18)33-4)21(27)23-14-7-9-17-20(11-14)34-22(28)24(17)13(2)3/h7-13,16H,6H2,1-5H3,(H,23,27)/t16-/m1/s1. The van der Waals surface area contributed by atoms with Crippen molar-refractivity contribution >= 4 is 54.5 Å². The number of methoxy groups -OCH3 is 1. The minimum atomic E-state index is -4.06. The number of nitro benzene ring substituents is 1. The molecule has 1 atom stereocenters. The molecule has 1 N–H and O–H groups in total. The number of thiazole rings is 1. The SMILES string of the molecule is CC[C@H](C(=O)Nc1ccc2c(c1)sc(=O)n2C(C)C)N(c1cc([N+](=O)[O-])ccc1OC)S(C)(=O)=O. The first-order valence-corrected chi connectivity index (χ1v) is 13.3. The van der Waals surface area contributed by atoms with Crippen LogP contribution in [0.5, 0.6) is 5.75 Å². The Kier molecular flexibility index (Phi) is 7.50. The smallest absolute Gasteiger partial charge is 0.308 e. The Balaban J connectivity index is 2.03. The van der Waals surface area contributed by atoms with Gasteiger partial charge in [0.15, 0.2) is 0 Å². The van der Waals surface area contributed by atoms with Crippen molar-refractivity contribution in [2.45, 2.75) is 39.3 Å². The van der Waals surface area contributed by atoms with E-state index < -0.39 is 26.9 Å². The van der Waals surface area contributed by atoms with Crippen molar-refractivity contribution in [2.75, 3.05) is 23.0 Å². The number of fused-ring (bicyclic) bond motifs is 1. The number of ether oxygens (including phenoxy) is 1. The predicted molar refractivity (Wildman–Crippen MR) is 136 cm³/mol. The molecule has 0 saturated heterocycles. The third-order valence-corrected chi connectivity index (χ3v) is 7.42.